The smallest absolute Gasteiger partial charge is 0.237 e. The van der Waals surface area contributed by atoms with E-state index in [0.29, 0.717) is 6.04 Å². The Morgan fingerprint density at radius 3 is 2.94 bits per heavy atom. The van der Waals surface area contributed by atoms with E-state index in [1.54, 1.807) is 11.3 Å². The van der Waals surface area contributed by atoms with Gasteiger partial charge in [0.15, 0.2) is 0 Å². The highest BCUT2D eigenvalue weighted by Gasteiger charge is 2.25. The molecule has 2 rings (SSSR count). The summed E-state index contributed by atoms with van der Waals surface area (Å²) in [6, 6.07) is 2.44. The Morgan fingerprint density at radius 2 is 2.38 bits per heavy atom. The minimum Gasteiger partial charge on any atom is -0.352 e. The molecule has 1 heterocycles. The largest absolute Gasteiger partial charge is 0.352 e. The Bertz CT molecular complexity index is 371. The molecule has 4 heteroatoms. The molecule has 1 aliphatic rings. The molecule has 0 radical (unpaired) electrons. The third-order valence-corrected chi connectivity index (χ3v) is 3.88. The van der Waals surface area contributed by atoms with Gasteiger partial charge in [0, 0.05) is 17.5 Å². The fourth-order valence-electron chi connectivity index (χ4n) is 1.48. The Morgan fingerprint density at radius 1 is 1.62 bits per heavy atom. The van der Waals surface area contributed by atoms with Crippen LogP contribution >= 0.6 is 11.3 Å². The van der Waals surface area contributed by atoms with Crippen molar-refractivity contribution < 1.29 is 4.79 Å². The maximum absolute atomic E-state index is 11.7. The zero-order valence-electron chi connectivity index (χ0n) is 9.75. The predicted molar refractivity (Wildman–Crippen MR) is 66.5 cm³/mol. The first-order valence-corrected chi connectivity index (χ1v) is 6.61. The van der Waals surface area contributed by atoms with E-state index in [9.17, 15) is 4.79 Å². The van der Waals surface area contributed by atoms with Crippen molar-refractivity contribution in [2.75, 3.05) is 0 Å². The van der Waals surface area contributed by atoms with Crippen LogP contribution in [0.25, 0.3) is 0 Å². The zero-order chi connectivity index (χ0) is 11.5. The SMILES string of the molecule is Cc1ccsc1CNC(C)C(=O)NC1CC1. The van der Waals surface area contributed by atoms with Gasteiger partial charge in [0.05, 0.1) is 6.04 Å². The summed E-state index contributed by atoms with van der Waals surface area (Å²) in [4.78, 5) is 13.0. The number of hydrogen-bond donors (Lipinski definition) is 2. The molecule has 0 spiro atoms. The third-order valence-electron chi connectivity index (χ3n) is 2.85. The van der Waals surface area contributed by atoms with Gasteiger partial charge in [-0.05, 0) is 43.7 Å². The van der Waals surface area contributed by atoms with E-state index in [-0.39, 0.29) is 11.9 Å². The van der Waals surface area contributed by atoms with E-state index in [1.165, 1.54) is 10.4 Å². The van der Waals surface area contributed by atoms with Crippen LogP contribution in [0.15, 0.2) is 11.4 Å². The lowest BCUT2D eigenvalue weighted by Crippen LogP contribution is -2.42. The van der Waals surface area contributed by atoms with Crippen molar-refractivity contribution in [3.8, 4) is 0 Å². The van der Waals surface area contributed by atoms with Gasteiger partial charge in [-0.3, -0.25) is 4.79 Å². The second kappa shape index (κ2) is 4.97. The van der Waals surface area contributed by atoms with Gasteiger partial charge in [0.25, 0.3) is 0 Å². The first kappa shape index (κ1) is 11.6. The van der Waals surface area contributed by atoms with Gasteiger partial charge < -0.3 is 10.6 Å². The number of thiophene rings is 1. The minimum absolute atomic E-state index is 0.109. The number of carbonyl (C=O) groups excluding carboxylic acids is 1. The Hall–Kier alpha value is -0.870. The predicted octanol–water partition coefficient (Wildman–Crippen LogP) is 1.81. The van der Waals surface area contributed by atoms with E-state index < -0.39 is 0 Å². The van der Waals surface area contributed by atoms with Gasteiger partial charge in [-0.1, -0.05) is 0 Å². The first-order chi connectivity index (χ1) is 7.66. The summed E-state index contributed by atoms with van der Waals surface area (Å²) < 4.78 is 0. The van der Waals surface area contributed by atoms with Crippen LogP contribution in [-0.2, 0) is 11.3 Å². The molecule has 16 heavy (non-hydrogen) atoms. The normalized spacial score (nSPS) is 17.1. The highest BCUT2D eigenvalue weighted by molar-refractivity contribution is 7.10. The summed E-state index contributed by atoms with van der Waals surface area (Å²) >= 11 is 1.74. The second-order valence-corrected chi connectivity index (χ2v) is 5.41. The fraction of sp³-hybridized carbons (Fsp3) is 0.583. The fourth-order valence-corrected chi connectivity index (χ4v) is 2.33. The molecule has 1 amide bonds. The molecular weight excluding hydrogens is 220 g/mol. The molecule has 0 bridgehead atoms. The van der Waals surface area contributed by atoms with Crippen LogP contribution in [0, 0.1) is 6.92 Å². The van der Waals surface area contributed by atoms with Crippen molar-refractivity contribution in [3.05, 3.63) is 21.9 Å². The quantitative estimate of drug-likeness (QED) is 0.821. The van der Waals surface area contributed by atoms with E-state index in [1.807, 2.05) is 6.92 Å². The van der Waals surface area contributed by atoms with Crippen molar-refractivity contribution >= 4 is 17.2 Å². The van der Waals surface area contributed by atoms with Gasteiger partial charge in [0.1, 0.15) is 0 Å². The summed E-state index contributed by atoms with van der Waals surface area (Å²) in [6.45, 7) is 4.80. The molecular formula is C12H18N2OS. The molecule has 3 nitrogen and oxygen atoms in total. The van der Waals surface area contributed by atoms with Crippen molar-refractivity contribution in [2.24, 2.45) is 0 Å². The molecule has 1 fully saturated rings. The lowest BCUT2D eigenvalue weighted by Gasteiger charge is -2.13. The van der Waals surface area contributed by atoms with Crippen LogP contribution in [-0.4, -0.2) is 18.0 Å². The summed E-state index contributed by atoms with van der Waals surface area (Å²) in [7, 11) is 0. The van der Waals surface area contributed by atoms with Crippen LogP contribution in [0.2, 0.25) is 0 Å². The highest BCUT2D eigenvalue weighted by Crippen LogP contribution is 2.19. The lowest BCUT2D eigenvalue weighted by atomic mass is 10.2. The second-order valence-electron chi connectivity index (χ2n) is 4.41. The number of nitrogens with one attached hydrogen (secondary N) is 2. The Kier molecular flexibility index (Phi) is 3.61. The Labute approximate surface area is 100 Å². The molecule has 0 aliphatic heterocycles. The van der Waals surface area contributed by atoms with E-state index in [4.69, 9.17) is 0 Å². The standard InChI is InChI=1S/C12H18N2OS/c1-8-5-6-16-11(8)7-13-9(2)12(15)14-10-3-4-10/h5-6,9-10,13H,3-4,7H2,1-2H3,(H,14,15). The van der Waals surface area contributed by atoms with Gasteiger partial charge in [0.2, 0.25) is 5.91 Å². The van der Waals surface area contributed by atoms with Crippen molar-refractivity contribution in [2.45, 2.75) is 45.3 Å². The number of amides is 1. The third kappa shape index (κ3) is 3.06. The summed E-state index contributed by atoms with van der Waals surface area (Å²) in [5, 5.41) is 8.34. The molecule has 1 saturated carbocycles. The van der Waals surface area contributed by atoms with Crippen LogP contribution < -0.4 is 10.6 Å². The average molecular weight is 238 g/mol. The zero-order valence-corrected chi connectivity index (χ0v) is 10.6. The number of hydrogen-bond acceptors (Lipinski definition) is 3. The number of aryl methyl sites for hydroxylation is 1. The summed E-state index contributed by atoms with van der Waals surface area (Å²) in [6.07, 6.45) is 2.28. The maximum atomic E-state index is 11.7. The van der Waals surface area contributed by atoms with E-state index in [2.05, 4.69) is 29.0 Å². The van der Waals surface area contributed by atoms with Gasteiger partial charge in [-0.15, -0.1) is 11.3 Å². The summed E-state index contributed by atoms with van der Waals surface area (Å²) in [5.41, 5.74) is 1.30. The molecule has 0 saturated heterocycles. The van der Waals surface area contributed by atoms with E-state index in [0.717, 1.165) is 19.4 Å². The molecule has 1 aromatic heterocycles. The monoisotopic (exact) mass is 238 g/mol. The molecule has 0 aromatic carbocycles. The first-order valence-electron chi connectivity index (χ1n) is 5.73. The molecule has 88 valence electrons. The number of rotatable bonds is 5. The number of carbonyl (C=O) groups is 1. The molecule has 2 N–H and O–H groups in total. The Balaban J connectivity index is 1.76. The van der Waals surface area contributed by atoms with Crippen molar-refractivity contribution in [1.29, 1.82) is 0 Å². The molecule has 1 aromatic rings. The molecule has 1 atom stereocenters. The summed E-state index contributed by atoms with van der Waals surface area (Å²) in [5.74, 6) is 0.122. The van der Waals surface area contributed by atoms with Crippen molar-refractivity contribution in [3.63, 3.8) is 0 Å². The average Bonchev–Trinajstić information content (AvgIpc) is 2.97. The lowest BCUT2D eigenvalue weighted by molar-refractivity contribution is -0.122. The van der Waals surface area contributed by atoms with Crippen LogP contribution in [0.4, 0.5) is 0 Å². The highest BCUT2D eigenvalue weighted by atomic mass is 32.1. The van der Waals surface area contributed by atoms with Gasteiger partial charge in [-0.2, -0.15) is 0 Å². The molecule has 1 aliphatic carbocycles. The van der Waals surface area contributed by atoms with Crippen LogP contribution in [0.1, 0.15) is 30.2 Å². The van der Waals surface area contributed by atoms with Crippen LogP contribution in [0.3, 0.4) is 0 Å². The van der Waals surface area contributed by atoms with Crippen molar-refractivity contribution in [1.82, 2.24) is 10.6 Å². The topological polar surface area (TPSA) is 41.1 Å². The molecule has 1 unspecified atom stereocenters. The van der Waals surface area contributed by atoms with Gasteiger partial charge >= 0.3 is 0 Å². The van der Waals surface area contributed by atoms with Crippen LogP contribution in [0.5, 0.6) is 0 Å². The van der Waals surface area contributed by atoms with E-state index >= 15 is 0 Å². The maximum Gasteiger partial charge on any atom is 0.237 e. The minimum atomic E-state index is -0.109. The van der Waals surface area contributed by atoms with Gasteiger partial charge in [-0.25, -0.2) is 0 Å².